The summed E-state index contributed by atoms with van der Waals surface area (Å²) in [5.41, 5.74) is 3.63. The molecule has 37 heavy (non-hydrogen) atoms. The minimum atomic E-state index is -0.416. The summed E-state index contributed by atoms with van der Waals surface area (Å²) in [6.07, 6.45) is 0.462. The quantitative estimate of drug-likeness (QED) is 0.432. The summed E-state index contributed by atoms with van der Waals surface area (Å²) in [7, 11) is 0. The number of amides is 2. The zero-order valence-corrected chi connectivity index (χ0v) is 20.7. The Morgan fingerprint density at radius 3 is 2.59 bits per heavy atom. The molecule has 7 nitrogen and oxygen atoms in total. The van der Waals surface area contributed by atoms with E-state index in [0.29, 0.717) is 24.2 Å². The van der Waals surface area contributed by atoms with Gasteiger partial charge in [0.15, 0.2) is 0 Å². The van der Waals surface area contributed by atoms with Gasteiger partial charge in [-0.15, -0.1) is 0 Å². The molecule has 192 valence electrons. The van der Waals surface area contributed by atoms with E-state index >= 15 is 0 Å². The largest absolute Gasteiger partial charge is 0.379 e. The van der Waals surface area contributed by atoms with Gasteiger partial charge in [0.1, 0.15) is 12.0 Å². The van der Waals surface area contributed by atoms with Gasteiger partial charge >= 0.3 is 0 Å². The van der Waals surface area contributed by atoms with Crippen molar-refractivity contribution in [1.29, 1.82) is 0 Å². The number of anilines is 1. The van der Waals surface area contributed by atoms with Crippen LogP contribution in [0.2, 0.25) is 0 Å². The minimum Gasteiger partial charge on any atom is -0.379 e. The molecule has 0 aromatic heterocycles. The summed E-state index contributed by atoms with van der Waals surface area (Å²) in [6, 6.07) is 21.0. The molecule has 0 spiro atoms. The van der Waals surface area contributed by atoms with Gasteiger partial charge in [-0.05, 0) is 54.9 Å². The van der Waals surface area contributed by atoms with Crippen LogP contribution in [-0.2, 0) is 11.3 Å². The molecule has 8 heteroatoms. The Kier molecular flexibility index (Phi) is 7.77. The van der Waals surface area contributed by atoms with Crippen molar-refractivity contribution in [2.75, 3.05) is 44.7 Å². The number of carbonyl (C=O) groups is 2. The van der Waals surface area contributed by atoms with Gasteiger partial charge in [-0.3, -0.25) is 14.5 Å². The van der Waals surface area contributed by atoms with E-state index in [0.717, 1.165) is 56.1 Å². The molecule has 0 saturated carbocycles. The van der Waals surface area contributed by atoms with Crippen LogP contribution < -0.4 is 10.6 Å². The van der Waals surface area contributed by atoms with Crippen molar-refractivity contribution in [3.63, 3.8) is 0 Å². The van der Waals surface area contributed by atoms with Crippen LogP contribution in [-0.4, -0.2) is 61.0 Å². The fourth-order valence-electron chi connectivity index (χ4n) is 4.81. The Morgan fingerprint density at radius 1 is 1.00 bits per heavy atom. The molecule has 5 rings (SSSR count). The Hall–Kier alpha value is -3.75. The first-order valence-corrected chi connectivity index (χ1v) is 12.7. The maximum absolute atomic E-state index is 13.4. The van der Waals surface area contributed by atoms with Crippen molar-refractivity contribution in [1.82, 2.24) is 15.1 Å². The lowest BCUT2D eigenvalue weighted by molar-refractivity contribution is 0.0374. The number of ether oxygens (including phenoxy) is 1. The van der Waals surface area contributed by atoms with Crippen LogP contribution in [0.4, 0.5) is 10.1 Å². The highest BCUT2D eigenvalue weighted by Gasteiger charge is 2.36. The number of halogens is 1. The molecule has 3 aromatic rings. The Balaban J connectivity index is 1.25. The Morgan fingerprint density at radius 2 is 1.78 bits per heavy atom. The highest BCUT2D eigenvalue weighted by atomic mass is 19.1. The Labute approximate surface area is 216 Å². The maximum atomic E-state index is 13.4. The molecule has 1 atom stereocenters. The molecule has 0 bridgehead atoms. The number of morpholine rings is 1. The average molecular weight is 503 g/mol. The third-order valence-electron chi connectivity index (χ3n) is 6.79. The van der Waals surface area contributed by atoms with Gasteiger partial charge < -0.3 is 20.3 Å². The maximum Gasteiger partial charge on any atom is 0.256 e. The SMILES string of the molecule is O=C(NCCCN1CCOCC1)c1cccc(NC2c3ccccc3C(=O)N2Cc2ccc(F)cc2)c1. The molecular weight excluding hydrogens is 471 g/mol. The number of hydrogen-bond donors (Lipinski definition) is 2. The van der Waals surface area contributed by atoms with E-state index in [1.54, 1.807) is 29.2 Å². The third-order valence-corrected chi connectivity index (χ3v) is 6.79. The average Bonchev–Trinajstić information content (AvgIpc) is 3.19. The van der Waals surface area contributed by atoms with Gasteiger partial charge in [-0.2, -0.15) is 0 Å². The lowest BCUT2D eigenvalue weighted by atomic mass is 10.1. The zero-order valence-electron chi connectivity index (χ0n) is 20.7. The summed E-state index contributed by atoms with van der Waals surface area (Å²) in [6.45, 7) is 5.27. The van der Waals surface area contributed by atoms with Crippen molar-refractivity contribution in [3.8, 4) is 0 Å². The number of carbonyl (C=O) groups excluding carboxylic acids is 2. The highest BCUT2D eigenvalue weighted by Crippen LogP contribution is 2.35. The van der Waals surface area contributed by atoms with Crippen LogP contribution >= 0.6 is 0 Å². The third kappa shape index (κ3) is 5.98. The first kappa shape index (κ1) is 24.9. The summed E-state index contributed by atoms with van der Waals surface area (Å²) in [5, 5.41) is 6.46. The second kappa shape index (κ2) is 11.5. The van der Waals surface area contributed by atoms with E-state index in [9.17, 15) is 14.0 Å². The van der Waals surface area contributed by atoms with Gasteiger partial charge in [0.2, 0.25) is 0 Å². The number of hydrogen-bond acceptors (Lipinski definition) is 5. The number of nitrogens with one attached hydrogen (secondary N) is 2. The molecule has 2 amide bonds. The van der Waals surface area contributed by atoms with Crippen molar-refractivity contribution in [3.05, 3.63) is 101 Å². The molecule has 0 aliphatic carbocycles. The van der Waals surface area contributed by atoms with Gasteiger partial charge in [0.25, 0.3) is 11.8 Å². The van der Waals surface area contributed by atoms with Crippen LogP contribution in [0.1, 0.15) is 44.4 Å². The van der Waals surface area contributed by atoms with Crippen LogP contribution in [0.3, 0.4) is 0 Å². The lowest BCUT2D eigenvalue weighted by Crippen LogP contribution is -2.38. The second-order valence-electron chi connectivity index (χ2n) is 9.34. The van der Waals surface area contributed by atoms with Crippen LogP contribution in [0.25, 0.3) is 0 Å². The molecule has 2 aliphatic rings. The van der Waals surface area contributed by atoms with Crippen molar-refractivity contribution >= 4 is 17.5 Å². The molecule has 2 heterocycles. The van der Waals surface area contributed by atoms with E-state index in [1.165, 1.54) is 12.1 Å². The van der Waals surface area contributed by atoms with E-state index < -0.39 is 6.17 Å². The smallest absolute Gasteiger partial charge is 0.256 e. The minimum absolute atomic E-state index is 0.0911. The predicted molar refractivity (Wildman–Crippen MR) is 140 cm³/mol. The zero-order chi connectivity index (χ0) is 25.6. The normalized spacial score (nSPS) is 17.5. The predicted octanol–water partition coefficient (Wildman–Crippen LogP) is 4.04. The fourth-order valence-corrected chi connectivity index (χ4v) is 4.81. The monoisotopic (exact) mass is 502 g/mol. The summed E-state index contributed by atoms with van der Waals surface area (Å²) < 4.78 is 18.8. The molecule has 2 N–H and O–H groups in total. The van der Waals surface area contributed by atoms with Crippen LogP contribution in [0.15, 0.2) is 72.8 Å². The van der Waals surface area contributed by atoms with Crippen molar-refractivity contribution in [2.24, 2.45) is 0 Å². The summed E-state index contributed by atoms with van der Waals surface area (Å²) in [5.74, 6) is -0.533. The summed E-state index contributed by atoms with van der Waals surface area (Å²) in [4.78, 5) is 30.1. The number of benzene rings is 3. The molecule has 2 aliphatic heterocycles. The van der Waals surface area contributed by atoms with Crippen LogP contribution in [0, 0.1) is 5.82 Å². The van der Waals surface area contributed by atoms with E-state index in [1.807, 2.05) is 36.4 Å². The number of nitrogens with zero attached hydrogens (tertiary/aromatic N) is 2. The molecule has 1 fully saturated rings. The van der Waals surface area contributed by atoms with E-state index in [4.69, 9.17) is 4.74 Å². The highest BCUT2D eigenvalue weighted by molar-refractivity contribution is 5.99. The first-order chi connectivity index (χ1) is 18.1. The molecule has 3 aromatic carbocycles. The Bertz CT molecular complexity index is 1240. The van der Waals surface area contributed by atoms with Crippen molar-refractivity contribution < 1.29 is 18.7 Å². The van der Waals surface area contributed by atoms with Gasteiger partial charge in [-0.1, -0.05) is 36.4 Å². The van der Waals surface area contributed by atoms with E-state index in [2.05, 4.69) is 15.5 Å². The molecule has 1 unspecified atom stereocenters. The van der Waals surface area contributed by atoms with Gasteiger partial charge in [0.05, 0.1) is 13.2 Å². The summed E-state index contributed by atoms with van der Waals surface area (Å²) >= 11 is 0. The lowest BCUT2D eigenvalue weighted by Gasteiger charge is -2.27. The first-order valence-electron chi connectivity index (χ1n) is 12.7. The second-order valence-corrected chi connectivity index (χ2v) is 9.34. The standard InChI is InChI=1S/C29H31FN4O3/c30-23-11-9-21(10-12-23)20-34-27(25-7-1-2-8-26(25)29(34)36)32-24-6-3-5-22(19-24)28(35)31-13-4-14-33-15-17-37-18-16-33/h1-3,5-12,19,27,32H,4,13-18,20H2,(H,31,35). The number of fused-ring (bicyclic) bond motifs is 1. The van der Waals surface area contributed by atoms with Crippen molar-refractivity contribution in [2.45, 2.75) is 19.1 Å². The molecule has 1 saturated heterocycles. The van der Waals surface area contributed by atoms with Gasteiger partial charge in [0, 0.05) is 48.6 Å². The fraction of sp³-hybridized carbons (Fsp3) is 0.310. The van der Waals surface area contributed by atoms with E-state index in [-0.39, 0.29) is 17.6 Å². The molecule has 0 radical (unpaired) electrons. The van der Waals surface area contributed by atoms with Crippen LogP contribution in [0.5, 0.6) is 0 Å². The topological polar surface area (TPSA) is 73.9 Å². The number of rotatable bonds is 9. The van der Waals surface area contributed by atoms with Gasteiger partial charge in [-0.25, -0.2) is 4.39 Å². The molecular formula is C29H31FN4O3.